The summed E-state index contributed by atoms with van der Waals surface area (Å²) in [6, 6.07) is 0. The molecule has 0 aromatic carbocycles. The van der Waals surface area contributed by atoms with Crippen molar-refractivity contribution < 1.29 is 4.79 Å². The number of thiol groups is 1. The Labute approximate surface area is 86.1 Å². The Morgan fingerprint density at radius 3 is 2.15 bits per heavy atom. The highest BCUT2D eigenvalue weighted by Gasteiger charge is 2.13. The van der Waals surface area contributed by atoms with Gasteiger partial charge in [-0.05, 0) is 18.6 Å². The molecule has 0 unspecified atom stereocenters. The Kier molecular flexibility index (Phi) is 5.28. The molecule has 0 saturated carbocycles. The molecule has 1 fully saturated rings. The topological polar surface area (TPSA) is 20.3 Å². The third-order valence-corrected chi connectivity index (χ3v) is 2.76. The molecule has 0 aromatic heterocycles. The molecule has 1 heterocycles. The van der Waals surface area contributed by atoms with Crippen molar-refractivity contribution in [1.29, 1.82) is 0 Å². The lowest BCUT2D eigenvalue weighted by atomic mass is 10.1. The van der Waals surface area contributed by atoms with Crippen molar-refractivity contribution in [3.8, 4) is 0 Å². The molecule has 0 N–H and O–H groups in total. The Hall–Kier alpha value is -0.180. The first kappa shape index (κ1) is 10.9. The van der Waals surface area contributed by atoms with Crippen molar-refractivity contribution >= 4 is 18.5 Å². The normalized spacial score (nSPS) is 19.3. The van der Waals surface area contributed by atoms with E-state index in [0.29, 0.717) is 12.2 Å². The quantitative estimate of drug-likeness (QED) is 0.678. The molecule has 13 heavy (non-hydrogen) atoms. The summed E-state index contributed by atoms with van der Waals surface area (Å²) in [7, 11) is 0. The number of carbonyl (C=O) groups excluding carboxylic acids is 1. The van der Waals surface area contributed by atoms with E-state index in [9.17, 15) is 4.79 Å². The molecule has 0 aromatic rings. The van der Waals surface area contributed by atoms with Gasteiger partial charge in [-0.1, -0.05) is 19.3 Å². The lowest BCUT2D eigenvalue weighted by molar-refractivity contribution is -0.131. The largest absolute Gasteiger partial charge is 0.343 e. The number of amides is 1. The van der Waals surface area contributed by atoms with Crippen LogP contribution < -0.4 is 0 Å². The fourth-order valence-electron chi connectivity index (χ4n) is 1.75. The second kappa shape index (κ2) is 6.30. The molecule has 1 saturated heterocycles. The molecular formula is C10H19NOS. The predicted molar refractivity (Wildman–Crippen MR) is 58.1 cm³/mol. The summed E-state index contributed by atoms with van der Waals surface area (Å²) in [5.41, 5.74) is 0. The van der Waals surface area contributed by atoms with Gasteiger partial charge in [-0.3, -0.25) is 4.79 Å². The number of hydrogen-bond donors (Lipinski definition) is 1. The van der Waals surface area contributed by atoms with E-state index in [-0.39, 0.29) is 5.91 Å². The van der Waals surface area contributed by atoms with Crippen molar-refractivity contribution in [3.05, 3.63) is 0 Å². The molecule has 1 amide bonds. The van der Waals surface area contributed by atoms with E-state index in [2.05, 4.69) is 12.6 Å². The third-order valence-electron chi connectivity index (χ3n) is 2.53. The van der Waals surface area contributed by atoms with E-state index in [4.69, 9.17) is 0 Å². The highest BCUT2D eigenvalue weighted by atomic mass is 32.1. The average molecular weight is 201 g/mol. The maximum atomic E-state index is 11.5. The molecule has 3 heteroatoms. The van der Waals surface area contributed by atoms with Crippen LogP contribution in [0.5, 0.6) is 0 Å². The van der Waals surface area contributed by atoms with Crippen LogP contribution in [0.1, 0.15) is 38.5 Å². The van der Waals surface area contributed by atoms with Crippen LogP contribution in [0, 0.1) is 0 Å². The van der Waals surface area contributed by atoms with E-state index in [1.807, 2.05) is 4.90 Å². The van der Waals surface area contributed by atoms with Gasteiger partial charge in [-0.2, -0.15) is 12.6 Å². The number of likely N-dealkylation sites (tertiary alicyclic amines) is 1. The fourth-order valence-corrected chi connectivity index (χ4v) is 1.94. The highest BCUT2D eigenvalue weighted by Crippen LogP contribution is 2.11. The Morgan fingerprint density at radius 1 is 1.08 bits per heavy atom. The van der Waals surface area contributed by atoms with Crippen molar-refractivity contribution in [2.24, 2.45) is 0 Å². The maximum absolute atomic E-state index is 11.5. The maximum Gasteiger partial charge on any atom is 0.223 e. The summed E-state index contributed by atoms with van der Waals surface area (Å²) in [5.74, 6) is 0.965. The van der Waals surface area contributed by atoms with Crippen LogP contribution >= 0.6 is 12.6 Å². The lowest BCUT2D eigenvalue weighted by Gasteiger charge is -2.24. The molecule has 1 aliphatic heterocycles. The van der Waals surface area contributed by atoms with Gasteiger partial charge in [-0.15, -0.1) is 0 Å². The van der Waals surface area contributed by atoms with Crippen LogP contribution in [0.3, 0.4) is 0 Å². The smallest absolute Gasteiger partial charge is 0.223 e. The predicted octanol–water partition coefficient (Wildman–Crippen LogP) is 2.10. The van der Waals surface area contributed by atoms with Crippen LogP contribution in [0.15, 0.2) is 0 Å². The molecule has 0 radical (unpaired) electrons. The van der Waals surface area contributed by atoms with Gasteiger partial charge in [0.15, 0.2) is 0 Å². The molecule has 0 atom stereocenters. The van der Waals surface area contributed by atoms with Crippen molar-refractivity contribution in [2.75, 3.05) is 18.8 Å². The Bertz CT molecular complexity index is 153. The summed E-state index contributed by atoms with van der Waals surface area (Å²) in [4.78, 5) is 13.5. The van der Waals surface area contributed by atoms with Gasteiger partial charge < -0.3 is 4.90 Å². The number of hydrogen-bond acceptors (Lipinski definition) is 2. The van der Waals surface area contributed by atoms with Gasteiger partial charge in [0.2, 0.25) is 5.91 Å². The van der Waals surface area contributed by atoms with E-state index < -0.39 is 0 Å². The van der Waals surface area contributed by atoms with Crippen molar-refractivity contribution in [1.82, 2.24) is 4.90 Å². The summed E-state index contributed by atoms with van der Waals surface area (Å²) < 4.78 is 0. The second-order valence-corrected chi connectivity index (χ2v) is 4.07. The van der Waals surface area contributed by atoms with Crippen molar-refractivity contribution in [3.63, 3.8) is 0 Å². The van der Waals surface area contributed by atoms with Gasteiger partial charge in [0, 0.05) is 19.5 Å². The van der Waals surface area contributed by atoms with Crippen LogP contribution in [0.2, 0.25) is 0 Å². The third kappa shape index (κ3) is 4.03. The zero-order chi connectivity index (χ0) is 9.52. The van der Waals surface area contributed by atoms with E-state index in [0.717, 1.165) is 13.1 Å². The number of nitrogens with zero attached hydrogens (tertiary/aromatic N) is 1. The molecule has 2 nitrogen and oxygen atoms in total. The summed E-state index contributed by atoms with van der Waals surface area (Å²) in [5, 5.41) is 0. The van der Waals surface area contributed by atoms with Crippen LogP contribution in [0.25, 0.3) is 0 Å². The van der Waals surface area contributed by atoms with E-state index >= 15 is 0 Å². The SMILES string of the molecule is O=C(CCS)N1CCCCCCC1. The number of carbonyl (C=O) groups is 1. The summed E-state index contributed by atoms with van der Waals surface area (Å²) in [6.07, 6.45) is 6.86. The van der Waals surface area contributed by atoms with Gasteiger partial charge >= 0.3 is 0 Å². The van der Waals surface area contributed by atoms with Gasteiger partial charge in [0.1, 0.15) is 0 Å². The first-order valence-corrected chi connectivity index (χ1v) is 5.86. The summed E-state index contributed by atoms with van der Waals surface area (Å²) >= 11 is 4.08. The van der Waals surface area contributed by atoms with Crippen LogP contribution in [0.4, 0.5) is 0 Å². The standard InChI is InChI=1S/C10H19NOS/c12-10(6-9-13)11-7-4-2-1-3-5-8-11/h13H,1-9H2. The van der Waals surface area contributed by atoms with E-state index in [1.54, 1.807) is 0 Å². The minimum atomic E-state index is 0.289. The van der Waals surface area contributed by atoms with Crippen molar-refractivity contribution in [2.45, 2.75) is 38.5 Å². The first-order chi connectivity index (χ1) is 6.34. The second-order valence-electron chi connectivity index (χ2n) is 3.62. The average Bonchev–Trinajstić information content (AvgIpc) is 2.03. The van der Waals surface area contributed by atoms with Crippen LogP contribution in [-0.4, -0.2) is 29.6 Å². The lowest BCUT2D eigenvalue weighted by Crippen LogP contribution is -2.33. The van der Waals surface area contributed by atoms with Crippen LogP contribution in [-0.2, 0) is 4.79 Å². The molecule has 0 spiro atoms. The number of rotatable bonds is 2. The first-order valence-electron chi connectivity index (χ1n) is 5.23. The Morgan fingerprint density at radius 2 is 1.62 bits per heavy atom. The highest BCUT2D eigenvalue weighted by molar-refractivity contribution is 7.80. The monoisotopic (exact) mass is 201 g/mol. The molecule has 0 bridgehead atoms. The fraction of sp³-hybridized carbons (Fsp3) is 0.900. The van der Waals surface area contributed by atoms with E-state index in [1.165, 1.54) is 32.1 Å². The molecule has 76 valence electrons. The molecular weight excluding hydrogens is 182 g/mol. The molecule has 0 aliphatic carbocycles. The minimum Gasteiger partial charge on any atom is -0.343 e. The summed E-state index contributed by atoms with van der Waals surface area (Å²) in [6.45, 7) is 1.93. The molecule has 1 rings (SSSR count). The molecule has 1 aliphatic rings. The van der Waals surface area contributed by atoms with Gasteiger partial charge in [0.05, 0.1) is 0 Å². The minimum absolute atomic E-state index is 0.289. The van der Waals surface area contributed by atoms with Gasteiger partial charge in [-0.25, -0.2) is 0 Å². The zero-order valence-corrected chi connectivity index (χ0v) is 9.06. The van der Waals surface area contributed by atoms with Gasteiger partial charge in [0.25, 0.3) is 0 Å². The Balaban J connectivity index is 2.32. The zero-order valence-electron chi connectivity index (χ0n) is 8.17.